The summed E-state index contributed by atoms with van der Waals surface area (Å²) in [4.78, 5) is 4.39. The Morgan fingerprint density at radius 3 is 2.48 bits per heavy atom. The molecule has 3 aromatic rings. The van der Waals surface area contributed by atoms with Crippen LogP contribution in [-0.2, 0) is 0 Å². The van der Waals surface area contributed by atoms with E-state index in [1.165, 1.54) is 23.5 Å². The van der Waals surface area contributed by atoms with Gasteiger partial charge in [-0.2, -0.15) is 0 Å². The summed E-state index contributed by atoms with van der Waals surface area (Å²) in [5, 5.41) is 6.77. The van der Waals surface area contributed by atoms with Crippen molar-refractivity contribution in [3.8, 4) is 11.3 Å². The third kappa shape index (κ3) is 3.73. The average Bonchev–Trinajstić information content (AvgIpc) is 2.94. The number of nitrogens with zero attached hydrogens (tertiary/aromatic N) is 1. The number of benzene rings is 2. The Bertz CT molecular complexity index is 882. The first-order valence-corrected chi connectivity index (χ1v) is 8.65. The Morgan fingerprint density at radius 1 is 0.957 bits per heavy atom. The Labute approximate surface area is 155 Å². The number of thiazole rings is 1. The van der Waals surface area contributed by atoms with Gasteiger partial charge in [-0.25, -0.2) is 9.37 Å². The summed E-state index contributed by atoms with van der Waals surface area (Å²) >= 11 is 25.1. The molecule has 0 aliphatic heterocycles. The molecular weight excluding hydrogens is 401 g/mol. The van der Waals surface area contributed by atoms with Crippen LogP contribution in [0.5, 0.6) is 0 Å². The molecule has 0 saturated heterocycles. The quantitative estimate of drug-likeness (QED) is 0.460. The van der Waals surface area contributed by atoms with Crippen LogP contribution in [0.4, 0.5) is 15.2 Å². The van der Waals surface area contributed by atoms with Crippen LogP contribution in [0.15, 0.2) is 35.7 Å². The lowest BCUT2D eigenvalue weighted by Gasteiger charge is -2.05. The van der Waals surface area contributed by atoms with Crippen molar-refractivity contribution in [3.63, 3.8) is 0 Å². The molecular formula is C15H7Cl4FN2S. The molecule has 0 atom stereocenters. The van der Waals surface area contributed by atoms with Gasteiger partial charge in [-0.3, -0.25) is 0 Å². The highest BCUT2D eigenvalue weighted by molar-refractivity contribution is 7.14. The summed E-state index contributed by atoms with van der Waals surface area (Å²) in [6.45, 7) is 0. The number of aromatic nitrogens is 1. The van der Waals surface area contributed by atoms with Crippen LogP contribution >= 0.6 is 57.7 Å². The number of halogens is 5. The molecule has 1 N–H and O–H groups in total. The molecule has 23 heavy (non-hydrogen) atoms. The van der Waals surface area contributed by atoms with Crippen molar-refractivity contribution >= 4 is 68.6 Å². The fourth-order valence-corrected chi connectivity index (χ4v) is 3.54. The predicted octanol–water partition coefficient (Wildman–Crippen LogP) is 7.31. The minimum atomic E-state index is -0.547. The molecule has 0 aliphatic carbocycles. The van der Waals surface area contributed by atoms with E-state index in [-0.39, 0.29) is 5.02 Å². The van der Waals surface area contributed by atoms with Crippen LogP contribution in [-0.4, -0.2) is 4.98 Å². The van der Waals surface area contributed by atoms with Gasteiger partial charge in [-0.05, 0) is 30.3 Å². The first kappa shape index (κ1) is 16.8. The van der Waals surface area contributed by atoms with Crippen molar-refractivity contribution in [1.82, 2.24) is 4.98 Å². The SMILES string of the molecule is Fc1cc(-c2csc(Nc3ccc(Cl)cc3Cl)n2)c(Cl)cc1Cl. The van der Waals surface area contributed by atoms with Gasteiger partial charge in [0.1, 0.15) is 5.82 Å². The van der Waals surface area contributed by atoms with Crippen LogP contribution in [0, 0.1) is 5.82 Å². The average molecular weight is 408 g/mol. The van der Waals surface area contributed by atoms with Crippen LogP contribution < -0.4 is 5.32 Å². The highest BCUT2D eigenvalue weighted by atomic mass is 35.5. The Kier molecular flexibility index (Phi) is 4.99. The number of nitrogens with one attached hydrogen (secondary N) is 1. The molecule has 0 unspecified atom stereocenters. The molecule has 0 radical (unpaired) electrons. The normalized spacial score (nSPS) is 10.8. The van der Waals surface area contributed by atoms with E-state index in [0.29, 0.717) is 37.1 Å². The zero-order valence-electron chi connectivity index (χ0n) is 11.2. The zero-order chi connectivity index (χ0) is 16.6. The lowest BCUT2D eigenvalue weighted by Crippen LogP contribution is -1.91. The van der Waals surface area contributed by atoms with Crippen LogP contribution in [0.3, 0.4) is 0 Å². The summed E-state index contributed by atoms with van der Waals surface area (Å²) in [6, 6.07) is 7.72. The van der Waals surface area contributed by atoms with Crippen molar-refractivity contribution in [1.29, 1.82) is 0 Å². The molecule has 0 amide bonds. The van der Waals surface area contributed by atoms with E-state index >= 15 is 0 Å². The first-order chi connectivity index (χ1) is 10.9. The topological polar surface area (TPSA) is 24.9 Å². The van der Waals surface area contributed by atoms with Crippen LogP contribution in [0.1, 0.15) is 0 Å². The lowest BCUT2D eigenvalue weighted by atomic mass is 10.2. The van der Waals surface area contributed by atoms with Crippen LogP contribution in [0.25, 0.3) is 11.3 Å². The van der Waals surface area contributed by atoms with Gasteiger partial charge in [0.15, 0.2) is 5.13 Å². The van der Waals surface area contributed by atoms with Crippen molar-refractivity contribution < 1.29 is 4.39 Å². The second kappa shape index (κ2) is 6.83. The van der Waals surface area contributed by atoms with Crippen molar-refractivity contribution in [3.05, 3.63) is 61.6 Å². The highest BCUT2D eigenvalue weighted by Gasteiger charge is 2.13. The van der Waals surface area contributed by atoms with Gasteiger partial charge in [-0.1, -0.05) is 46.4 Å². The van der Waals surface area contributed by atoms with Crippen molar-refractivity contribution in [2.75, 3.05) is 5.32 Å². The third-order valence-corrected chi connectivity index (χ3v) is 4.87. The molecule has 0 saturated carbocycles. The molecule has 8 heteroatoms. The van der Waals surface area contributed by atoms with E-state index in [1.54, 1.807) is 23.6 Å². The molecule has 0 spiro atoms. The largest absolute Gasteiger partial charge is 0.330 e. The fraction of sp³-hybridized carbons (Fsp3) is 0. The Morgan fingerprint density at radius 2 is 1.74 bits per heavy atom. The summed E-state index contributed by atoms with van der Waals surface area (Å²) in [7, 11) is 0. The van der Waals surface area contributed by atoms with Gasteiger partial charge in [0.05, 0.1) is 26.4 Å². The predicted molar refractivity (Wildman–Crippen MR) is 97.3 cm³/mol. The molecule has 3 rings (SSSR count). The standard InChI is InChI=1S/C15H7Cl4FN2S/c16-7-1-2-13(11(19)3-7)21-15-22-14(6-23-15)8-4-12(20)10(18)5-9(8)17/h1-6H,(H,21,22). The molecule has 1 aromatic heterocycles. The zero-order valence-corrected chi connectivity index (χ0v) is 15.0. The second-order valence-corrected chi connectivity index (χ2v) is 7.05. The number of rotatable bonds is 3. The van der Waals surface area contributed by atoms with Crippen LogP contribution in [0.2, 0.25) is 20.1 Å². The monoisotopic (exact) mass is 406 g/mol. The molecule has 0 aliphatic rings. The summed E-state index contributed by atoms with van der Waals surface area (Å²) in [5.41, 5.74) is 1.69. The van der Waals surface area contributed by atoms with Gasteiger partial charge in [0, 0.05) is 16.0 Å². The number of hydrogen-bond donors (Lipinski definition) is 1. The maximum Gasteiger partial charge on any atom is 0.187 e. The lowest BCUT2D eigenvalue weighted by molar-refractivity contribution is 0.629. The summed E-state index contributed by atoms with van der Waals surface area (Å²) < 4.78 is 13.6. The van der Waals surface area contributed by atoms with E-state index in [2.05, 4.69) is 10.3 Å². The summed E-state index contributed by atoms with van der Waals surface area (Å²) in [5.74, 6) is -0.547. The van der Waals surface area contributed by atoms with Gasteiger partial charge in [-0.15, -0.1) is 11.3 Å². The van der Waals surface area contributed by atoms with Gasteiger partial charge < -0.3 is 5.32 Å². The maximum atomic E-state index is 13.6. The molecule has 1 heterocycles. The number of anilines is 2. The molecule has 2 aromatic carbocycles. The van der Waals surface area contributed by atoms with Crippen molar-refractivity contribution in [2.24, 2.45) is 0 Å². The molecule has 2 nitrogen and oxygen atoms in total. The van der Waals surface area contributed by atoms with E-state index in [1.807, 2.05) is 0 Å². The molecule has 0 fully saturated rings. The van der Waals surface area contributed by atoms with Crippen molar-refractivity contribution in [2.45, 2.75) is 0 Å². The van der Waals surface area contributed by atoms with E-state index in [0.717, 1.165) is 0 Å². The van der Waals surface area contributed by atoms with Gasteiger partial charge in [0.25, 0.3) is 0 Å². The minimum absolute atomic E-state index is 0.0275. The fourth-order valence-electron chi connectivity index (χ4n) is 1.88. The third-order valence-electron chi connectivity index (χ3n) is 2.96. The minimum Gasteiger partial charge on any atom is -0.330 e. The van der Waals surface area contributed by atoms with E-state index < -0.39 is 5.82 Å². The molecule has 0 bridgehead atoms. The smallest absolute Gasteiger partial charge is 0.187 e. The van der Waals surface area contributed by atoms with E-state index in [9.17, 15) is 4.39 Å². The summed E-state index contributed by atoms with van der Waals surface area (Å²) in [6.07, 6.45) is 0. The molecule has 118 valence electrons. The number of hydrogen-bond acceptors (Lipinski definition) is 3. The van der Waals surface area contributed by atoms with E-state index in [4.69, 9.17) is 46.4 Å². The Balaban J connectivity index is 1.90. The first-order valence-electron chi connectivity index (χ1n) is 6.26. The van der Waals surface area contributed by atoms with Gasteiger partial charge in [0.2, 0.25) is 0 Å². The van der Waals surface area contributed by atoms with Gasteiger partial charge >= 0.3 is 0 Å². The highest BCUT2D eigenvalue weighted by Crippen LogP contribution is 2.35. The Hall–Kier alpha value is -1.04. The second-order valence-electron chi connectivity index (χ2n) is 4.53. The maximum absolute atomic E-state index is 13.6.